The minimum atomic E-state index is -0.520. The van der Waals surface area contributed by atoms with Crippen LogP contribution in [-0.2, 0) is 4.79 Å². The first-order valence-electron chi connectivity index (χ1n) is 8.85. The standard InChI is InChI=1S/C23H16Br2N2O3/c24-18-11-12-21(30-22(28)13-10-16-6-2-1-3-7-16)17(14-18)15-26-27-23(29)19-8-4-5-9-20(19)25/h1-15H,(H,27,29)/b13-10+,26-15+. The van der Waals surface area contributed by atoms with Gasteiger partial charge in [-0.1, -0.05) is 58.4 Å². The monoisotopic (exact) mass is 526 g/mol. The van der Waals surface area contributed by atoms with Crippen molar-refractivity contribution in [3.8, 4) is 5.75 Å². The molecule has 150 valence electrons. The van der Waals surface area contributed by atoms with Crippen molar-refractivity contribution in [2.24, 2.45) is 5.10 Å². The second-order valence-corrected chi connectivity index (χ2v) is 7.80. The molecule has 0 aliphatic carbocycles. The predicted octanol–water partition coefficient (Wildman–Crippen LogP) is 5.59. The Balaban J connectivity index is 1.69. The zero-order valence-corrected chi connectivity index (χ0v) is 18.8. The van der Waals surface area contributed by atoms with Crippen molar-refractivity contribution in [2.75, 3.05) is 0 Å². The zero-order valence-electron chi connectivity index (χ0n) is 15.6. The highest BCUT2D eigenvalue weighted by Crippen LogP contribution is 2.22. The van der Waals surface area contributed by atoms with Gasteiger partial charge in [0, 0.05) is 20.6 Å². The van der Waals surface area contributed by atoms with Gasteiger partial charge in [-0.2, -0.15) is 5.10 Å². The van der Waals surface area contributed by atoms with E-state index in [4.69, 9.17) is 4.74 Å². The largest absolute Gasteiger partial charge is 0.423 e. The lowest BCUT2D eigenvalue weighted by Crippen LogP contribution is -2.18. The van der Waals surface area contributed by atoms with Crippen LogP contribution in [0.2, 0.25) is 0 Å². The van der Waals surface area contributed by atoms with Gasteiger partial charge in [0.15, 0.2) is 0 Å². The molecule has 0 bridgehead atoms. The van der Waals surface area contributed by atoms with E-state index in [1.807, 2.05) is 36.4 Å². The van der Waals surface area contributed by atoms with Gasteiger partial charge in [-0.05, 0) is 57.9 Å². The smallest absolute Gasteiger partial charge is 0.336 e. The van der Waals surface area contributed by atoms with Crippen LogP contribution in [0.5, 0.6) is 5.75 Å². The van der Waals surface area contributed by atoms with E-state index in [0.29, 0.717) is 21.3 Å². The van der Waals surface area contributed by atoms with Crippen LogP contribution in [0.4, 0.5) is 0 Å². The minimum absolute atomic E-state index is 0.319. The maximum Gasteiger partial charge on any atom is 0.336 e. The average Bonchev–Trinajstić information content (AvgIpc) is 2.75. The molecule has 3 aromatic rings. The number of nitrogens with one attached hydrogen (secondary N) is 1. The first kappa shape index (κ1) is 21.7. The van der Waals surface area contributed by atoms with Gasteiger partial charge in [-0.3, -0.25) is 4.79 Å². The SMILES string of the molecule is O=C(/C=C/c1ccccc1)Oc1ccc(Br)cc1/C=N/NC(=O)c1ccccc1Br. The molecule has 0 atom stereocenters. The van der Waals surface area contributed by atoms with Gasteiger partial charge in [0.2, 0.25) is 0 Å². The van der Waals surface area contributed by atoms with Crippen molar-refractivity contribution in [3.63, 3.8) is 0 Å². The molecule has 7 heteroatoms. The molecule has 0 radical (unpaired) electrons. The molecule has 3 rings (SSSR count). The fourth-order valence-electron chi connectivity index (χ4n) is 2.45. The second kappa shape index (κ2) is 10.7. The second-order valence-electron chi connectivity index (χ2n) is 6.03. The summed E-state index contributed by atoms with van der Waals surface area (Å²) in [4.78, 5) is 24.4. The summed E-state index contributed by atoms with van der Waals surface area (Å²) in [5.41, 5.74) is 4.34. The molecule has 0 spiro atoms. The lowest BCUT2D eigenvalue weighted by Gasteiger charge is -2.06. The van der Waals surface area contributed by atoms with E-state index in [1.165, 1.54) is 12.3 Å². The van der Waals surface area contributed by atoms with E-state index in [1.54, 1.807) is 42.5 Å². The van der Waals surface area contributed by atoms with Crippen LogP contribution in [0.15, 0.2) is 92.9 Å². The summed E-state index contributed by atoms with van der Waals surface area (Å²) in [6.07, 6.45) is 4.45. The van der Waals surface area contributed by atoms with Gasteiger partial charge in [0.25, 0.3) is 5.91 Å². The number of amides is 1. The molecule has 1 amide bonds. The first-order valence-corrected chi connectivity index (χ1v) is 10.4. The summed E-state index contributed by atoms with van der Waals surface area (Å²) >= 11 is 6.71. The number of esters is 1. The Labute approximate surface area is 190 Å². The lowest BCUT2D eigenvalue weighted by atomic mass is 10.2. The van der Waals surface area contributed by atoms with Crippen LogP contribution in [0.3, 0.4) is 0 Å². The molecule has 1 N–H and O–H groups in total. The van der Waals surface area contributed by atoms with Gasteiger partial charge in [0.1, 0.15) is 5.75 Å². The Bertz CT molecular complexity index is 1110. The molecule has 0 aromatic heterocycles. The Morgan fingerprint density at radius 3 is 2.43 bits per heavy atom. The highest BCUT2D eigenvalue weighted by atomic mass is 79.9. The molecule has 0 aliphatic heterocycles. The summed E-state index contributed by atoms with van der Waals surface area (Å²) in [6.45, 7) is 0. The number of halogens is 2. The van der Waals surface area contributed by atoms with Crippen LogP contribution in [0.1, 0.15) is 21.5 Å². The molecule has 0 aliphatic rings. The number of ether oxygens (including phenoxy) is 1. The molecule has 3 aromatic carbocycles. The molecule has 0 saturated heterocycles. The average molecular weight is 528 g/mol. The van der Waals surface area contributed by atoms with Gasteiger partial charge in [-0.25, -0.2) is 10.2 Å². The molecular weight excluding hydrogens is 512 g/mol. The number of hydrogen-bond donors (Lipinski definition) is 1. The fourth-order valence-corrected chi connectivity index (χ4v) is 3.29. The van der Waals surface area contributed by atoms with Crippen molar-refractivity contribution >= 4 is 56.0 Å². The number of benzene rings is 3. The maximum absolute atomic E-state index is 12.2. The van der Waals surface area contributed by atoms with E-state index in [2.05, 4.69) is 42.4 Å². The quantitative estimate of drug-likeness (QED) is 0.149. The normalized spacial score (nSPS) is 11.0. The van der Waals surface area contributed by atoms with Gasteiger partial charge < -0.3 is 4.74 Å². The fraction of sp³-hybridized carbons (Fsp3) is 0. The van der Waals surface area contributed by atoms with Crippen LogP contribution >= 0.6 is 31.9 Å². The molecular formula is C23H16Br2N2O3. The van der Waals surface area contributed by atoms with Crippen LogP contribution in [0.25, 0.3) is 6.08 Å². The number of rotatable bonds is 6. The Morgan fingerprint density at radius 1 is 0.933 bits per heavy atom. The zero-order chi connectivity index (χ0) is 21.3. The summed E-state index contributed by atoms with van der Waals surface area (Å²) in [6, 6.07) is 21.6. The summed E-state index contributed by atoms with van der Waals surface area (Å²) < 4.78 is 6.87. The highest BCUT2D eigenvalue weighted by Gasteiger charge is 2.09. The third-order valence-corrected chi connectivity index (χ3v) is 5.07. The lowest BCUT2D eigenvalue weighted by molar-refractivity contribution is -0.128. The number of hydrazone groups is 1. The van der Waals surface area contributed by atoms with Crippen molar-refractivity contribution in [2.45, 2.75) is 0 Å². The third-order valence-electron chi connectivity index (χ3n) is 3.88. The van der Waals surface area contributed by atoms with Gasteiger partial charge in [-0.15, -0.1) is 0 Å². The topological polar surface area (TPSA) is 67.8 Å². The number of nitrogens with zero attached hydrogens (tertiary/aromatic N) is 1. The minimum Gasteiger partial charge on any atom is -0.423 e. The molecule has 5 nitrogen and oxygen atoms in total. The van der Waals surface area contributed by atoms with Crippen LogP contribution < -0.4 is 10.2 Å². The van der Waals surface area contributed by atoms with Crippen molar-refractivity contribution in [3.05, 3.63) is 105 Å². The molecule has 0 unspecified atom stereocenters. The van der Waals surface area contributed by atoms with Gasteiger partial charge in [0.05, 0.1) is 11.8 Å². The highest BCUT2D eigenvalue weighted by molar-refractivity contribution is 9.10. The molecule has 0 fully saturated rings. The third kappa shape index (κ3) is 6.23. The molecule has 0 heterocycles. The number of hydrogen-bond acceptors (Lipinski definition) is 4. The first-order chi connectivity index (χ1) is 14.5. The van der Waals surface area contributed by atoms with Crippen LogP contribution in [0, 0.1) is 0 Å². The van der Waals surface area contributed by atoms with E-state index in [9.17, 15) is 9.59 Å². The summed E-state index contributed by atoms with van der Waals surface area (Å²) in [5.74, 6) is -0.564. The predicted molar refractivity (Wildman–Crippen MR) is 124 cm³/mol. The Kier molecular flexibility index (Phi) is 7.70. The molecule has 0 saturated carbocycles. The van der Waals surface area contributed by atoms with Crippen molar-refractivity contribution < 1.29 is 14.3 Å². The van der Waals surface area contributed by atoms with E-state index in [0.717, 1.165) is 10.0 Å². The van der Waals surface area contributed by atoms with Crippen molar-refractivity contribution in [1.82, 2.24) is 5.43 Å². The number of carbonyl (C=O) groups is 2. The van der Waals surface area contributed by atoms with Gasteiger partial charge >= 0.3 is 5.97 Å². The van der Waals surface area contributed by atoms with E-state index < -0.39 is 5.97 Å². The maximum atomic E-state index is 12.2. The Hall–Kier alpha value is -3.03. The van der Waals surface area contributed by atoms with E-state index in [-0.39, 0.29) is 5.91 Å². The Morgan fingerprint density at radius 2 is 1.67 bits per heavy atom. The van der Waals surface area contributed by atoms with Crippen LogP contribution in [-0.4, -0.2) is 18.1 Å². The summed E-state index contributed by atoms with van der Waals surface area (Å²) in [5, 5.41) is 3.99. The van der Waals surface area contributed by atoms with Crippen molar-refractivity contribution in [1.29, 1.82) is 0 Å². The summed E-state index contributed by atoms with van der Waals surface area (Å²) in [7, 11) is 0. The van der Waals surface area contributed by atoms with E-state index >= 15 is 0 Å². The number of carbonyl (C=O) groups excluding carboxylic acids is 2. The molecule has 30 heavy (non-hydrogen) atoms.